The second kappa shape index (κ2) is 8.17. The zero-order chi connectivity index (χ0) is 4.24. The molecule has 1 rings (SSSR count). The SMILES string of the molecule is C1CCCCC1.[BeH2].[HH].[HH].[NaH]. The number of rotatable bonds is 0. The topological polar surface area (TPSA) is 0 Å². The monoisotopic (exact) mass is 123 g/mol. The standard InChI is InChI=1S/C6H12.Be.Na.2H2.3H/c1-2-4-6-5-3-1;;;;;;;/h1-6H2;;;2*1H;;;. The molecule has 0 spiro atoms. The van der Waals surface area contributed by atoms with Gasteiger partial charge in [0.15, 0.2) is 0 Å². The third-order valence-corrected chi connectivity index (χ3v) is 1.50. The molecule has 0 nitrogen and oxygen atoms in total. The van der Waals surface area contributed by atoms with Crippen molar-refractivity contribution in [2.24, 2.45) is 0 Å². The maximum atomic E-state index is 1.50. The van der Waals surface area contributed by atoms with Gasteiger partial charge in [-0.2, -0.15) is 0 Å². The molecule has 0 N–H and O–H groups in total. The summed E-state index contributed by atoms with van der Waals surface area (Å²) in [4.78, 5) is 0. The Morgan fingerprint density at radius 2 is 0.750 bits per heavy atom. The van der Waals surface area contributed by atoms with Crippen molar-refractivity contribution in [3.63, 3.8) is 0 Å². The van der Waals surface area contributed by atoms with E-state index in [4.69, 9.17) is 0 Å². The maximum absolute atomic E-state index is 1.50. The van der Waals surface area contributed by atoms with Gasteiger partial charge < -0.3 is 0 Å². The Morgan fingerprint density at radius 3 is 0.875 bits per heavy atom. The predicted octanol–water partition coefficient (Wildman–Crippen LogP) is 1.27. The first-order valence-corrected chi connectivity index (χ1v) is 3.00. The molecule has 0 aromatic rings. The molecule has 0 aliphatic heterocycles. The summed E-state index contributed by atoms with van der Waals surface area (Å²) >= 11 is 0. The average Bonchev–Trinajstić information content (AvgIpc) is 1.72. The fraction of sp³-hybridized carbons (Fsp3) is 1.00. The molecule has 0 amide bonds. The molecule has 0 atom stereocenters. The molecular formula is C6H19BeNa. The summed E-state index contributed by atoms with van der Waals surface area (Å²) in [6.07, 6.45) is 9.00. The molecule has 1 aliphatic rings. The summed E-state index contributed by atoms with van der Waals surface area (Å²) in [7, 11) is 0. The fourth-order valence-corrected chi connectivity index (χ4v) is 1.06. The van der Waals surface area contributed by atoms with Crippen molar-refractivity contribution in [2.45, 2.75) is 38.5 Å². The van der Waals surface area contributed by atoms with Crippen LogP contribution in [-0.2, 0) is 0 Å². The second-order valence-electron chi connectivity index (χ2n) is 2.12. The molecular weight excluding hydrogens is 104 g/mol. The van der Waals surface area contributed by atoms with Gasteiger partial charge in [0.2, 0.25) is 0 Å². The molecule has 0 aromatic carbocycles. The summed E-state index contributed by atoms with van der Waals surface area (Å²) in [5.74, 6) is 0. The van der Waals surface area contributed by atoms with Gasteiger partial charge in [0.05, 0.1) is 0 Å². The molecule has 0 saturated heterocycles. The zero-order valence-electron chi connectivity index (χ0n) is 4.24. The van der Waals surface area contributed by atoms with Crippen LogP contribution in [-0.4, -0.2) is 39.7 Å². The Kier molecular flexibility index (Phi) is 12.2. The first-order valence-electron chi connectivity index (χ1n) is 3.00. The van der Waals surface area contributed by atoms with Gasteiger partial charge in [-0.25, -0.2) is 0 Å². The first kappa shape index (κ1) is 11.9. The summed E-state index contributed by atoms with van der Waals surface area (Å²) in [5.41, 5.74) is 0. The van der Waals surface area contributed by atoms with Gasteiger partial charge in [-0.3, -0.25) is 0 Å². The van der Waals surface area contributed by atoms with Gasteiger partial charge in [-0.15, -0.1) is 0 Å². The molecule has 1 fully saturated rings. The zero-order valence-corrected chi connectivity index (χ0v) is 4.24. The van der Waals surface area contributed by atoms with Gasteiger partial charge in [0, 0.05) is 2.85 Å². The van der Waals surface area contributed by atoms with Gasteiger partial charge in [-0.05, 0) is 0 Å². The van der Waals surface area contributed by atoms with Crippen LogP contribution in [0.15, 0.2) is 0 Å². The van der Waals surface area contributed by atoms with Crippen LogP contribution < -0.4 is 0 Å². The van der Waals surface area contributed by atoms with Crippen LogP contribution in [0.2, 0.25) is 0 Å². The van der Waals surface area contributed by atoms with Crippen molar-refractivity contribution in [3.8, 4) is 0 Å². The van der Waals surface area contributed by atoms with Crippen LogP contribution in [0.4, 0.5) is 0 Å². The van der Waals surface area contributed by atoms with Gasteiger partial charge in [-0.1, -0.05) is 38.5 Å². The van der Waals surface area contributed by atoms with E-state index in [0.717, 1.165) is 0 Å². The number of hydrogen-bond acceptors (Lipinski definition) is 0. The van der Waals surface area contributed by atoms with Crippen LogP contribution in [0, 0.1) is 0 Å². The molecule has 0 unspecified atom stereocenters. The van der Waals surface area contributed by atoms with Crippen molar-refractivity contribution >= 4 is 39.7 Å². The average molecular weight is 123 g/mol. The molecule has 1 saturated carbocycles. The van der Waals surface area contributed by atoms with Crippen molar-refractivity contribution in [1.29, 1.82) is 0 Å². The van der Waals surface area contributed by atoms with E-state index in [1.165, 1.54) is 38.5 Å². The molecule has 2 heteroatoms. The van der Waals surface area contributed by atoms with Gasteiger partial charge in [0.1, 0.15) is 0 Å². The van der Waals surface area contributed by atoms with Crippen molar-refractivity contribution in [2.75, 3.05) is 0 Å². The normalized spacial score (nSPS) is 18.0. The van der Waals surface area contributed by atoms with Crippen molar-refractivity contribution in [3.05, 3.63) is 0 Å². The van der Waals surface area contributed by atoms with Crippen LogP contribution in [0.5, 0.6) is 0 Å². The number of hydrogen-bond donors (Lipinski definition) is 0. The fourth-order valence-electron chi connectivity index (χ4n) is 1.06. The minimum absolute atomic E-state index is 0. The molecule has 1 aliphatic carbocycles. The van der Waals surface area contributed by atoms with Crippen molar-refractivity contribution < 1.29 is 2.85 Å². The molecule has 46 valence electrons. The van der Waals surface area contributed by atoms with Crippen molar-refractivity contribution in [1.82, 2.24) is 0 Å². The third-order valence-electron chi connectivity index (χ3n) is 1.50. The van der Waals surface area contributed by atoms with Gasteiger partial charge >= 0.3 is 39.7 Å². The first-order chi connectivity index (χ1) is 3.00. The Morgan fingerprint density at radius 1 is 0.625 bits per heavy atom. The summed E-state index contributed by atoms with van der Waals surface area (Å²) < 4.78 is 0. The second-order valence-corrected chi connectivity index (χ2v) is 2.12. The summed E-state index contributed by atoms with van der Waals surface area (Å²) in [6.45, 7) is 0. The molecule has 0 heterocycles. The van der Waals surface area contributed by atoms with E-state index >= 15 is 0 Å². The molecule has 0 radical (unpaired) electrons. The predicted molar refractivity (Wildman–Crippen MR) is 47.6 cm³/mol. The van der Waals surface area contributed by atoms with E-state index in [9.17, 15) is 0 Å². The molecule has 0 aromatic heterocycles. The van der Waals surface area contributed by atoms with E-state index in [1.54, 1.807) is 0 Å². The molecule has 8 heavy (non-hydrogen) atoms. The Hall–Kier alpha value is 1.17. The van der Waals surface area contributed by atoms with Crippen LogP contribution >= 0.6 is 0 Å². The third kappa shape index (κ3) is 5.31. The van der Waals surface area contributed by atoms with E-state index < -0.39 is 0 Å². The Labute approximate surface area is 80.9 Å². The van der Waals surface area contributed by atoms with E-state index in [-0.39, 0.29) is 42.5 Å². The van der Waals surface area contributed by atoms with E-state index in [2.05, 4.69) is 0 Å². The van der Waals surface area contributed by atoms with Gasteiger partial charge in [0.25, 0.3) is 0 Å². The van der Waals surface area contributed by atoms with Crippen LogP contribution in [0.25, 0.3) is 0 Å². The van der Waals surface area contributed by atoms with E-state index in [0.29, 0.717) is 0 Å². The quantitative estimate of drug-likeness (QED) is 0.425. The Bertz CT molecular complexity index is 31.2. The van der Waals surface area contributed by atoms with Crippen LogP contribution in [0.1, 0.15) is 41.4 Å². The summed E-state index contributed by atoms with van der Waals surface area (Å²) in [5, 5.41) is 0. The van der Waals surface area contributed by atoms with Crippen LogP contribution in [0.3, 0.4) is 0 Å². The summed E-state index contributed by atoms with van der Waals surface area (Å²) in [6, 6.07) is 0. The van der Waals surface area contributed by atoms with E-state index in [1.807, 2.05) is 0 Å². The molecule has 0 bridgehead atoms. The minimum atomic E-state index is 0. The Balaban J connectivity index is -0.0000000450.